The fraction of sp³-hybridized carbons (Fsp3) is 0.185. The summed E-state index contributed by atoms with van der Waals surface area (Å²) in [6.45, 7) is 4.06. The lowest BCUT2D eigenvalue weighted by atomic mass is 9.83. The van der Waals surface area contributed by atoms with Crippen LogP contribution in [-0.2, 0) is 11.3 Å². The first-order valence-corrected chi connectivity index (χ1v) is 12.6. The number of hydrogen-bond donors (Lipinski definition) is 4. The summed E-state index contributed by atoms with van der Waals surface area (Å²) in [5.74, 6) is -3.00. The average molecular weight is 525 g/mol. The molecular formula is C27H22ClFN2O4S+2. The molecule has 0 saturated carbocycles. The van der Waals surface area contributed by atoms with Crippen LogP contribution in [-0.4, -0.2) is 21.9 Å². The van der Waals surface area contributed by atoms with Crippen molar-refractivity contribution >= 4 is 50.4 Å². The van der Waals surface area contributed by atoms with Gasteiger partial charge in [0, 0.05) is 15.6 Å². The molecule has 3 aromatic carbocycles. The lowest BCUT2D eigenvalue weighted by Crippen LogP contribution is -2.91. The van der Waals surface area contributed by atoms with Gasteiger partial charge < -0.3 is 20.7 Å². The Labute approximate surface area is 214 Å². The van der Waals surface area contributed by atoms with Gasteiger partial charge in [-0.3, -0.25) is 4.79 Å². The Morgan fingerprint density at radius 1 is 1.17 bits per heavy atom. The molecule has 0 bridgehead atoms. The molecule has 1 aromatic heterocycles. The molecule has 36 heavy (non-hydrogen) atoms. The molecule has 1 unspecified atom stereocenters. The number of aliphatic hydroxyl groups excluding tert-OH is 1. The SMILES string of the molecule is CC(C)c1ccc2c(c1)O[C@@]1(O)c3cccc([NH3+])c3C(=O)C21[NH+]=C(O)c1sc2cc(F)ccc2c1Cl. The van der Waals surface area contributed by atoms with Crippen LogP contribution in [0.25, 0.3) is 10.1 Å². The summed E-state index contributed by atoms with van der Waals surface area (Å²) in [5, 5.41) is 24.2. The molecule has 1 aliphatic heterocycles. The predicted molar refractivity (Wildman–Crippen MR) is 135 cm³/mol. The molecule has 6 N–H and O–H groups in total. The zero-order chi connectivity index (χ0) is 25.6. The number of thiophene rings is 1. The minimum Gasteiger partial charge on any atom is -0.459 e. The maximum atomic E-state index is 14.1. The Balaban J connectivity index is 1.63. The standard InChI is InChI=1S/C27H20ClFN2O4S/c1-12(2)13-6-9-16-19(10-13)35-27(34)17-4-3-5-18(30)21(17)24(32)26(16,27)31-25(33)23-22(28)15-8-7-14(29)11-20(15)36-23/h3-12,34H,30H2,1-2H3,(H,31,33)/p+2/t26?,27-/m0/s1. The fourth-order valence-corrected chi connectivity index (χ4v) is 6.66. The van der Waals surface area contributed by atoms with E-state index in [0.29, 0.717) is 27.1 Å². The number of hydrogen-bond acceptors (Lipinski definition) is 4. The lowest BCUT2D eigenvalue weighted by Gasteiger charge is -2.25. The second-order valence-corrected chi connectivity index (χ2v) is 10.9. The molecule has 0 radical (unpaired) electrons. The fourth-order valence-electron chi connectivity index (χ4n) is 5.22. The molecule has 0 spiro atoms. The van der Waals surface area contributed by atoms with Crippen LogP contribution in [0.5, 0.6) is 5.75 Å². The van der Waals surface area contributed by atoms with E-state index >= 15 is 0 Å². The third-order valence-corrected chi connectivity index (χ3v) is 8.70. The molecule has 9 heteroatoms. The van der Waals surface area contributed by atoms with Gasteiger partial charge in [0.2, 0.25) is 0 Å². The van der Waals surface area contributed by atoms with Gasteiger partial charge in [0.1, 0.15) is 17.3 Å². The summed E-state index contributed by atoms with van der Waals surface area (Å²) < 4.78 is 20.5. The van der Waals surface area contributed by atoms with Crippen molar-refractivity contribution in [3.05, 3.63) is 92.6 Å². The van der Waals surface area contributed by atoms with Crippen LogP contribution in [0.15, 0.2) is 54.6 Å². The van der Waals surface area contributed by atoms with Crippen LogP contribution < -0.4 is 15.5 Å². The average Bonchev–Trinajstić information content (AvgIpc) is 3.36. The lowest BCUT2D eigenvalue weighted by molar-refractivity contribution is -0.587. The maximum absolute atomic E-state index is 14.1. The Bertz CT molecular complexity index is 1650. The van der Waals surface area contributed by atoms with Gasteiger partial charge in [0.15, 0.2) is 4.88 Å². The number of ether oxygens (including phenoxy) is 1. The molecule has 2 aliphatic rings. The minimum atomic E-state index is -2.16. The second kappa shape index (κ2) is 7.60. The number of fused-ring (bicyclic) bond motifs is 6. The van der Waals surface area contributed by atoms with Gasteiger partial charge in [-0.05, 0) is 47.9 Å². The van der Waals surface area contributed by atoms with Gasteiger partial charge >= 0.3 is 17.2 Å². The van der Waals surface area contributed by atoms with E-state index in [4.69, 9.17) is 16.3 Å². The molecule has 2 heterocycles. The summed E-state index contributed by atoms with van der Waals surface area (Å²) in [4.78, 5) is 17.2. The highest BCUT2D eigenvalue weighted by Crippen LogP contribution is 2.57. The van der Waals surface area contributed by atoms with Crippen molar-refractivity contribution in [2.45, 2.75) is 31.1 Å². The zero-order valence-corrected chi connectivity index (χ0v) is 20.9. The van der Waals surface area contributed by atoms with Crippen LogP contribution >= 0.6 is 22.9 Å². The molecule has 6 nitrogen and oxygen atoms in total. The van der Waals surface area contributed by atoms with Crippen LogP contribution in [0.1, 0.15) is 51.7 Å². The van der Waals surface area contributed by atoms with E-state index in [-0.39, 0.29) is 26.9 Å². The van der Waals surface area contributed by atoms with Crippen LogP contribution in [0.2, 0.25) is 5.02 Å². The van der Waals surface area contributed by atoms with Gasteiger partial charge in [-0.1, -0.05) is 43.6 Å². The molecule has 0 saturated heterocycles. The highest BCUT2D eigenvalue weighted by atomic mass is 35.5. The summed E-state index contributed by atoms with van der Waals surface area (Å²) in [7, 11) is 0. The first kappa shape index (κ1) is 23.1. The van der Waals surface area contributed by atoms with Gasteiger partial charge in [-0.2, -0.15) is 4.99 Å². The number of quaternary nitrogens is 1. The van der Waals surface area contributed by atoms with Crippen LogP contribution in [0.4, 0.5) is 10.1 Å². The molecule has 0 amide bonds. The van der Waals surface area contributed by atoms with Gasteiger partial charge in [-0.15, -0.1) is 11.3 Å². The van der Waals surface area contributed by atoms with E-state index < -0.39 is 28.8 Å². The van der Waals surface area contributed by atoms with E-state index in [1.807, 2.05) is 19.9 Å². The Morgan fingerprint density at radius 3 is 2.69 bits per heavy atom. The second-order valence-electron chi connectivity index (χ2n) is 9.43. The van der Waals surface area contributed by atoms with Crippen molar-refractivity contribution < 1.29 is 34.9 Å². The van der Waals surface area contributed by atoms with E-state index in [9.17, 15) is 19.4 Å². The molecule has 0 fully saturated rings. The van der Waals surface area contributed by atoms with Gasteiger partial charge in [0.05, 0.1) is 16.1 Å². The Hall–Kier alpha value is -3.30. The first-order chi connectivity index (χ1) is 17.1. The van der Waals surface area contributed by atoms with E-state index in [2.05, 4.69) is 10.7 Å². The molecule has 182 valence electrons. The summed E-state index contributed by atoms with van der Waals surface area (Å²) in [6.07, 6.45) is 0. The van der Waals surface area contributed by atoms with Crippen molar-refractivity contribution in [2.75, 3.05) is 0 Å². The molecule has 1 aliphatic carbocycles. The third kappa shape index (κ3) is 2.84. The van der Waals surface area contributed by atoms with Crippen molar-refractivity contribution in [2.24, 2.45) is 0 Å². The number of carbonyl (C=O) groups is 1. The van der Waals surface area contributed by atoms with Crippen LogP contribution in [0.3, 0.4) is 0 Å². The van der Waals surface area contributed by atoms with Crippen molar-refractivity contribution in [3.8, 4) is 5.75 Å². The normalized spacial score (nSPS) is 22.6. The minimum absolute atomic E-state index is 0.185. The van der Waals surface area contributed by atoms with Crippen molar-refractivity contribution in [3.63, 3.8) is 0 Å². The highest BCUT2D eigenvalue weighted by molar-refractivity contribution is 7.21. The molecule has 6 rings (SSSR count). The third-order valence-electron chi connectivity index (χ3n) is 7.04. The van der Waals surface area contributed by atoms with E-state index in [1.165, 1.54) is 18.2 Å². The number of nitrogens with one attached hydrogen (secondary N) is 1. The van der Waals surface area contributed by atoms with Crippen molar-refractivity contribution in [1.29, 1.82) is 0 Å². The molecule has 2 atom stereocenters. The first-order valence-electron chi connectivity index (χ1n) is 11.4. The topological polar surface area (TPSA) is 108 Å². The smallest absolute Gasteiger partial charge is 0.379 e. The number of carbonyl (C=O) groups excluding carboxylic acids is 1. The monoisotopic (exact) mass is 524 g/mol. The van der Waals surface area contributed by atoms with E-state index in [0.717, 1.165) is 16.9 Å². The van der Waals surface area contributed by atoms with Gasteiger partial charge in [0.25, 0.3) is 5.78 Å². The Kier molecular flexibility index (Phi) is 4.88. The molecule has 4 aromatic rings. The number of rotatable bonds is 3. The predicted octanol–water partition coefficient (Wildman–Crippen LogP) is 3.41. The quantitative estimate of drug-likeness (QED) is 0.243. The summed E-state index contributed by atoms with van der Waals surface area (Å²) in [6, 6.07) is 14.5. The largest absolute Gasteiger partial charge is 0.459 e. The Morgan fingerprint density at radius 2 is 1.94 bits per heavy atom. The highest BCUT2D eigenvalue weighted by Gasteiger charge is 2.77. The van der Waals surface area contributed by atoms with Crippen LogP contribution in [0, 0.1) is 5.82 Å². The van der Waals surface area contributed by atoms with Gasteiger partial charge in [-0.25, -0.2) is 4.39 Å². The number of benzene rings is 3. The van der Waals surface area contributed by atoms with Crippen molar-refractivity contribution in [1.82, 2.24) is 0 Å². The number of aliphatic hydroxyl groups is 2. The number of Topliss-reactive ketones (excluding diaryl/α,β-unsaturated/α-hetero) is 1. The number of halogens is 2. The van der Waals surface area contributed by atoms with E-state index in [1.54, 1.807) is 30.3 Å². The maximum Gasteiger partial charge on any atom is 0.379 e. The molecular weight excluding hydrogens is 503 g/mol. The zero-order valence-electron chi connectivity index (χ0n) is 19.4. The summed E-state index contributed by atoms with van der Waals surface area (Å²) >= 11 is 7.62. The number of ketones is 1. The summed E-state index contributed by atoms with van der Waals surface area (Å²) in [5.41, 5.74) is 4.33.